The summed E-state index contributed by atoms with van der Waals surface area (Å²) in [6.07, 6.45) is 0.755. The lowest BCUT2D eigenvalue weighted by atomic mass is 10.1. The average molecular weight is 302 g/mol. The third kappa shape index (κ3) is 3.58. The third-order valence-corrected chi connectivity index (χ3v) is 3.67. The van der Waals surface area contributed by atoms with E-state index >= 15 is 0 Å². The predicted molar refractivity (Wildman–Crippen MR) is 86.4 cm³/mol. The van der Waals surface area contributed by atoms with Gasteiger partial charge in [-0.3, -0.25) is 4.68 Å². The standard InChI is InChI=1S/C16H22N4O2/c1-11-13(12(2)20(3)19-11)9-10-17-16(21)18-14-7-5-6-8-15(14)22-4/h5-8H,9-10H2,1-4H3,(H2,17,18,21). The predicted octanol–water partition coefficient (Wildman–Crippen LogP) is 2.41. The van der Waals surface area contributed by atoms with E-state index in [1.54, 1.807) is 19.2 Å². The zero-order chi connectivity index (χ0) is 16.1. The number of aryl methyl sites for hydroxylation is 2. The van der Waals surface area contributed by atoms with E-state index in [4.69, 9.17) is 4.74 Å². The fourth-order valence-corrected chi connectivity index (χ4v) is 2.39. The first-order valence-corrected chi connectivity index (χ1v) is 7.20. The monoisotopic (exact) mass is 302 g/mol. The van der Waals surface area contributed by atoms with Crippen LogP contribution in [0.25, 0.3) is 0 Å². The van der Waals surface area contributed by atoms with E-state index in [1.165, 1.54) is 5.56 Å². The minimum absolute atomic E-state index is 0.247. The minimum Gasteiger partial charge on any atom is -0.495 e. The highest BCUT2D eigenvalue weighted by molar-refractivity contribution is 5.90. The fourth-order valence-electron chi connectivity index (χ4n) is 2.39. The molecule has 0 aliphatic rings. The Morgan fingerprint density at radius 3 is 2.68 bits per heavy atom. The lowest BCUT2D eigenvalue weighted by Gasteiger charge is -2.11. The topological polar surface area (TPSA) is 68.2 Å². The number of carbonyl (C=O) groups is 1. The van der Waals surface area contributed by atoms with Gasteiger partial charge in [0.15, 0.2) is 0 Å². The van der Waals surface area contributed by atoms with Gasteiger partial charge in [-0.15, -0.1) is 0 Å². The van der Waals surface area contributed by atoms with E-state index in [1.807, 2.05) is 37.7 Å². The minimum atomic E-state index is -0.247. The van der Waals surface area contributed by atoms with E-state index in [0.717, 1.165) is 17.8 Å². The van der Waals surface area contributed by atoms with Gasteiger partial charge in [0.25, 0.3) is 0 Å². The Balaban J connectivity index is 1.88. The molecular formula is C16H22N4O2. The lowest BCUT2D eigenvalue weighted by molar-refractivity contribution is 0.252. The quantitative estimate of drug-likeness (QED) is 0.891. The summed E-state index contributed by atoms with van der Waals surface area (Å²) in [7, 11) is 3.50. The van der Waals surface area contributed by atoms with Crippen LogP contribution in [-0.2, 0) is 13.5 Å². The van der Waals surface area contributed by atoms with Crippen LogP contribution in [0, 0.1) is 13.8 Å². The Kier molecular flexibility index (Phi) is 5.04. The molecule has 0 spiro atoms. The van der Waals surface area contributed by atoms with Gasteiger partial charge in [-0.2, -0.15) is 5.10 Å². The van der Waals surface area contributed by atoms with Crippen LogP contribution in [0.3, 0.4) is 0 Å². The number of nitrogens with zero attached hydrogens (tertiary/aromatic N) is 2. The maximum absolute atomic E-state index is 11.9. The fraction of sp³-hybridized carbons (Fsp3) is 0.375. The number of nitrogens with one attached hydrogen (secondary N) is 2. The molecule has 0 aliphatic carbocycles. The second-order valence-electron chi connectivity index (χ2n) is 5.10. The average Bonchev–Trinajstić information content (AvgIpc) is 2.74. The number of para-hydroxylation sites is 2. The number of benzene rings is 1. The first kappa shape index (κ1) is 15.9. The largest absolute Gasteiger partial charge is 0.495 e. The zero-order valence-corrected chi connectivity index (χ0v) is 13.4. The maximum Gasteiger partial charge on any atom is 0.319 e. The number of hydrogen-bond donors (Lipinski definition) is 2. The van der Waals surface area contributed by atoms with Gasteiger partial charge in [-0.1, -0.05) is 12.1 Å². The molecule has 0 saturated carbocycles. The molecule has 0 radical (unpaired) electrons. The molecule has 6 heteroatoms. The second-order valence-corrected chi connectivity index (χ2v) is 5.10. The number of ether oxygens (including phenoxy) is 1. The van der Waals surface area contributed by atoms with E-state index in [0.29, 0.717) is 18.0 Å². The first-order valence-electron chi connectivity index (χ1n) is 7.20. The molecule has 0 bridgehead atoms. The molecule has 0 aliphatic heterocycles. The first-order chi connectivity index (χ1) is 10.5. The van der Waals surface area contributed by atoms with Gasteiger partial charge in [-0.05, 0) is 38.0 Å². The molecule has 118 valence electrons. The summed E-state index contributed by atoms with van der Waals surface area (Å²) in [5.41, 5.74) is 3.97. The number of carbonyl (C=O) groups excluding carboxylic acids is 1. The van der Waals surface area contributed by atoms with Gasteiger partial charge in [0.05, 0.1) is 18.5 Å². The Bertz CT molecular complexity index is 664. The molecule has 0 unspecified atom stereocenters. The van der Waals surface area contributed by atoms with E-state index in [2.05, 4.69) is 15.7 Å². The summed E-state index contributed by atoms with van der Waals surface area (Å²) in [6, 6.07) is 7.06. The smallest absolute Gasteiger partial charge is 0.319 e. The van der Waals surface area contributed by atoms with Crippen LogP contribution in [-0.4, -0.2) is 29.5 Å². The van der Waals surface area contributed by atoms with Crippen LogP contribution in [0.5, 0.6) is 5.75 Å². The highest BCUT2D eigenvalue weighted by Gasteiger charge is 2.10. The van der Waals surface area contributed by atoms with E-state index in [9.17, 15) is 4.79 Å². The number of aromatic nitrogens is 2. The molecule has 2 amide bonds. The van der Waals surface area contributed by atoms with Crippen molar-refractivity contribution in [3.05, 3.63) is 41.2 Å². The summed E-state index contributed by atoms with van der Waals surface area (Å²) in [6.45, 7) is 4.57. The molecule has 1 heterocycles. The third-order valence-electron chi connectivity index (χ3n) is 3.67. The summed E-state index contributed by atoms with van der Waals surface area (Å²) in [5, 5.41) is 10.0. The van der Waals surface area contributed by atoms with Crippen molar-refractivity contribution in [2.24, 2.45) is 7.05 Å². The normalized spacial score (nSPS) is 10.4. The van der Waals surface area contributed by atoms with Crippen LogP contribution in [0.4, 0.5) is 10.5 Å². The van der Waals surface area contributed by atoms with Gasteiger partial charge in [-0.25, -0.2) is 4.79 Å². The summed E-state index contributed by atoms with van der Waals surface area (Å²) in [4.78, 5) is 11.9. The van der Waals surface area contributed by atoms with Gasteiger partial charge in [0.2, 0.25) is 0 Å². The second kappa shape index (κ2) is 6.98. The molecule has 0 fully saturated rings. The van der Waals surface area contributed by atoms with Crippen molar-refractivity contribution in [1.82, 2.24) is 15.1 Å². The summed E-state index contributed by atoms with van der Waals surface area (Å²) in [5.74, 6) is 0.636. The van der Waals surface area contributed by atoms with Gasteiger partial charge >= 0.3 is 6.03 Å². The van der Waals surface area contributed by atoms with Crippen molar-refractivity contribution in [2.45, 2.75) is 20.3 Å². The summed E-state index contributed by atoms with van der Waals surface area (Å²) < 4.78 is 7.06. The maximum atomic E-state index is 11.9. The van der Waals surface area contributed by atoms with Crippen molar-refractivity contribution in [1.29, 1.82) is 0 Å². The molecule has 0 saturated heterocycles. The van der Waals surface area contributed by atoms with E-state index in [-0.39, 0.29) is 6.03 Å². The molecular weight excluding hydrogens is 280 g/mol. The number of urea groups is 1. The van der Waals surface area contributed by atoms with Gasteiger partial charge in [0.1, 0.15) is 5.75 Å². The molecule has 2 aromatic rings. The van der Waals surface area contributed by atoms with Crippen LogP contribution < -0.4 is 15.4 Å². The Labute approximate surface area is 130 Å². The Hall–Kier alpha value is -2.50. The highest BCUT2D eigenvalue weighted by Crippen LogP contribution is 2.22. The molecule has 0 atom stereocenters. The van der Waals surface area contributed by atoms with Crippen molar-refractivity contribution in [2.75, 3.05) is 19.0 Å². The molecule has 2 rings (SSSR count). The number of anilines is 1. The SMILES string of the molecule is COc1ccccc1NC(=O)NCCc1c(C)nn(C)c1C. The number of methoxy groups -OCH3 is 1. The van der Waals surface area contributed by atoms with Gasteiger partial charge < -0.3 is 15.4 Å². The highest BCUT2D eigenvalue weighted by atomic mass is 16.5. The number of rotatable bonds is 5. The van der Waals surface area contributed by atoms with E-state index < -0.39 is 0 Å². The van der Waals surface area contributed by atoms with Crippen molar-refractivity contribution in [3.8, 4) is 5.75 Å². The molecule has 6 nitrogen and oxygen atoms in total. The van der Waals surface area contributed by atoms with Gasteiger partial charge in [0, 0.05) is 19.3 Å². The Morgan fingerprint density at radius 2 is 2.05 bits per heavy atom. The van der Waals surface area contributed by atoms with Crippen molar-refractivity contribution >= 4 is 11.7 Å². The number of amides is 2. The van der Waals surface area contributed by atoms with Crippen LogP contribution >= 0.6 is 0 Å². The molecule has 1 aromatic carbocycles. The van der Waals surface area contributed by atoms with Crippen LogP contribution in [0.2, 0.25) is 0 Å². The van der Waals surface area contributed by atoms with Crippen LogP contribution in [0.1, 0.15) is 17.0 Å². The summed E-state index contributed by atoms with van der Waals surface area (Å²) >= 11 is 0. The molecule has 2 N–H and O–H groups in total. The Morgan fingerprint density at radius 1 is 1.32 bits per heavy atom. The number of hydrogen-bond acceptors (Lipinski definition) is 3. The lowest BCUT2D eigenvalue weighted by Crippen LogP contribution is -2.30. The van der Waals surface area contributed by atoms with Crippen molar-refractivity contribution in [3.63, 3.8) is 0 Å². The van der Waals surface area contributed by atoms with Crippen molar-refractivity contribution < 1.29 is 9.53 Å². The molecule has 1 aromatic heterocycles. The van der Waals surface area contributed by atoms with Crippen LogP contribution in [0.15, 0.2) is 24.3 Å². The molecule has 22 heavy (non-hydrogen) atoms. The zero-order valence-electron chi connectivity index (χ0n) is 13.4.